The topological polar surface area (TPSA) is 29.5 Å². The Labute approximate surface area is 119 Å². The molecule has 1 rings (SSSR count). The van der Waals surface area contributed by atoms with Gasteiger partial charge in [0.2, 0.25) is 0 Å². The van der Waals surface area contributed by atoms with Crippen molar-refractivity contribution in [3.05, 3.63) is 59.7 Å². The molecule has 0 bridgehead atoms. The monoisotopic (exact) mass is 279 g/mol. The van der Waals surface area contributed by atoms with Gasteiger partial charge in [0.05, 0.1) is 7.11 Å². The summed E-state index contributed by atoms with van der Waals surface area (Å²) in [6.45, 7) is 4.23. The molecule has 1 aromatic rings. The number of allylic oxidation sites excluding steroid dienone is 2. The summed E-state index contributed by atoms with van der Waals surface area (Å²) in [5, 5.41) is 0.640. The van der Waals surface area contributed by atoms with Crippen LogP contribution in [-0.4, -0.2) is 31.6 Å². The van der Waals surface area contributed by atoms with Gasteiger partial charge in [-0.25, -0.2) is 4.79 Å². The number of carbonyl (C=O) groups excluding carboxylic acids is 1. The molecule has 0 aliphatic rings. The van der Waals surface area contributed by atoms with Crippen LogP contribution < -0.4 is 0 Å². The number of halogens is 1. The second-order valence-electron chi connectivity index (χ2n) is 4.08. The van der Waals surface area contributed by atoms with E-state index in [1.54, 1.807) is 18.2 Å². The third-order valence-electron chi connectivity index (χ3n) is 2.72. The highest BCUT2D eigenvalue weighted by molar-refractivity contribution is 6.30. The van der Waals surface area contributed by atoms with Gasteiger partial charge >= 0.3 is 5.97 Å². The van der Waals surface area contributed by atoms with Crippen molar-refractivity contribution in [2.45, 2.75) is 6.04 Å². The van der Waals surface area contributed by atoms with Crippen molar-refractivity contribution < 1.29 is 9.53 Å². The maximum Gasteiger partial charge on any atom is 0.327 e. The number of nitrogens with zero attached hydrogens (tertiary/aromatic N) is 1. The van der Waals surface area contributed by atoms with Crippen molar-refractivity contribution in [3.63, 3.8) is 0 Å². The van der Waals surface area contributed by atoms with E-state index in [4.69, 9.17) is 16.3 Å². The third-order valence-corrected chi connectivity index (χ3v) is 2.97. The van der Waals surface area contributed by atoms with E-state index in [2.05, 4.69) is 6.58 Å². The van der Waals surface area contributed by atoms with E-state index in [1.807, 2.05) is 36.2 Å². The number of carbonyl (C=O) groups is 1. The Hall–Kier alpha value is -1.58. The Morgan fingerprint density at radius 2 is 2.11 bits per heavy atom. The number of hydrogen-bond donors (Lipinski definition) is 0. The zero-order valence-electron chi connectivity index (χ0n) is 11.2. The first-order valence-corrected chi connectivity index (χ1v) is 6.29. The molecule has 0 aliphatic heterocycles. The number of likely N-dealkylation sites (N-methyl/N-ethyl adjacent to an activating group) is 1. The SMILES string of the molecule is C=C/C=C\CN(C)C(C(=O)OC)c1ccc(Cl)cc1. The predicted octanol–water partition coefficient (Wildman–Crippen LogP) is 3.23. The Bertz CT molecular complexity index is 454. The molecule has 102 valence electrons. The number of benzene rings is 1. The van der Waals surface area contributed by atoms with Crippen molar-refractivity contribution >= 4 is 17.6 Å². The van der Waals surface area contributed by atoms with Crippen molar-refractivity contribution in [3.8, 4) is 0 Å². The van der Waals surface area contributed by atoms with Gasteiger partial charge in [-0.05, 0) is 24.7 Å². The van der Waals surface area contributed by atoms with Crippen LogP contribution in [0, 0.1) is 0 Å². The number of rotatable bonds is 6. The lowest BCUT2D eigenvalue weighted by molar-refractivity contribution is -0.146. The van der Waals surface area contributed by atoms with E-state index in [9.17, 15) is 4.79 Å². The molecule has 0 aliphatic carbocycles. The van der Waals surface area contributed by atoms with Crippen LogP contribution in [-0.2, 0) is 9.53 Å². The maximum absolute atomic E-state index is 11.9. The first kappa shape index (κ1) is 15.5. The molecule has 4 heteroatoms. The zero-order chi connectivity index (χ0) is 14.3. The van der Waals surface area contributed by atoms with Gasteiger partial charge in [-0.3, -0.25) is 4.90 Å². The van der Waals surface area contributed by atoms with Crippen molar-refractivity contribution in [2.24, 2.45) is 0 Å². The van der Waals surface area contributed by atoms with Gasteiger partial charge in [0.25, 0.3) is 0 Å². The highest BCUT2D eigenvalue weighted by Gasteiger charge is 2.25. The van der Waals surface area contributed by atoms with Gasteiger partial charge in [0, 0.05) is 11.6 Å². The first-order valence-electron chi connectivity index (χ1n) is 5.91. The fourth-order valence-electron chi connectivity index (χ4n) is 1.76. The van der Waals surface area contributed by atoms with Gasteiger partial charge in [-0.2, -0.15) is 0 Å². The Balaban J connectivity index is 2.94. The van der Waals surface area contributed by atoms with E-state index in [-0.39, 0.29) is 5.97 Å². The molecular formula is C15H18ClNO2. The highest BCUT2D eigenvalue weighted by Crippen LogP contribution is 2.22. The molecule has 0 saturated carbocycles. The van der Waals surface area contributed by atoms with Gasteiger partial charge in [-0.1, -0.05) is 48.5 Å². The molecule has 1 unspecified atom stereocenters. The Morgan fingerprint density at radius 3 is 2.63 bits per heavy atom. The number of hydrogen-bond acceptors (Lipinski definition) is 3. The van der Waals surface area contributed by atoms with Crippen LogP contribution in [0.1, 0.15) is 11.6 Å². The molecule has 0 aromatic heterocycles. The fraction of sp³-hybridized carbons (Fsp3) is 0.267. The molecule has 1 aromatic carbocycles. The van der Waals surface area contributed by atoms with Crippen LogP contribution in [0.4, 0.5) is 0 Å². The molecule has 0 fully saturated rings. The van der Waals surface area contributed by atoms with E-state index in [0.717, 1.165) is 5.56 Å². The minimum atomic E-state index is -0.447. The molecule has 3 nitrogen and oxygen atoms in total. The number of methoxy groups -OCH3 is 1. The molecule has 0 N–H and O–H groups in total. The zero-order valence-corrected chi connectivity index (χ0v) is 11.9. The van der Waals surface area contributed by atoms with Crippen LogP contribution in [0.15, 0.2) is 49.1 Å². The summed E-state index contributed by atoms with van der Waals surface area (Å²) in [7, 11) is 3.25. The minimum absolute atomic E-state index is 0.295. The molecule has 0 heterocycles. The standard InChI is InChI=1S/C15H18ClNO2/c1-4-5-6-11-17(2)14(15(18)19-3)12-7-9-13(16)10-8-12/h4-10,14H,1,11H2,2-3H3/b6-5-. The Kier molecular flexibility index (Phi) is 6.33. The number of esters is 1. The normalized spacial score (nSPS) is 12.6. The summed E-state index contributed by atoms with van der Waals surface area (Å²) in [6.07, 6.45) is 5.47. The second-order valence-corrected chi connectivity index (χ2v) is 4.52. The van der Waals surface area contributed by atoms with E-state index in [0.29, 0.717) is 11.6 Å². The molecular weight excluding hydrogens is 262 g/mol. The summed E-state index contributed by atoms with van der Waals surface area (Å²) < 4.78 is 4.87. The van der Waals surface area contributed by atoms with Gasteiger partial charge in [-0.15, -0.1) is 0 Å². The van der Waals surface area contributed by atoms with Crippen LogP contribution in [0.2, 0.25) is 5.02 Å². The lowest BCUT2D eigenvalue weighted by Crippen LogP contribution is -2.32. The molecule has 0 radical (unpaired) electrons. The van der Waals surface area contributed by atoms with Crippen LogP contribution in [0.5, 0.6) is 0 Å². The minimum Gasteiger partial charge on any atom is -0.468 e. The molecule has 0 saturated heterocycles. The van der Waals surface area contributed by atoms with Crippen LogP contribution >= 0.6 is 11.6 Å². The lowest BCUT2D eigenvalue weighted by atomic mass is 10.1. The Morgan fingerprint density at radius 1 is 1.47 bits per heavy atom. The maximum atomic E-state index is 11.9. The summed E-state index contributed by atoms with van der Waals surface area (Å²) in [5.74, 6) is -0.295. The summed E-state index contributed by atoms with van der Waals surface area (Å²) in [5.41, 5.74) is 0.853. The molecule has 0 amide bonds. The van der Waals surface area contributed by atoms with Crippen molar-refractivity contribution in [2.75, 3.05) is 20.7 Å². The molecule has 0 spiro atoms. The second kappa shape index (κ2) is 7.77. The molecule has 19 heavy (non-hydrogen) atoms. The fourth-order valence-corrected chi connectivity index (χ4v) is 1.88. The van der Waals surface area contributed by atoms with E-state index in [1.165, 1.54) is 7.11 Å². The average Bonchev–Trinajstić information content (AvgIpc) is 2.41. The first-order chi connectivity index (χ1) is 9.10. The average molecular weight is 280 g/mol. The van der Waals surface area contributed by atoms with Crippen LogP contribution in [0.25, 0.3) is 0 Å². The van der Waals surface area contributed by atoms with E-state index < -0.39 is 6.04 Å². The largest absolute Gasteiger partial charge is 0.468 e. The van der Waals surface area contributed by atoms with Crippen molar-refractivity contribution in [1.29, 1.82) is 0 Å². The van der Waals surface area contributed by atoms with Gasteiger partial charge < -0.3 is 4.74 Å². The van der Waals surface area contributed by atoms with Gasteiger partial charge in [0.1, 0.15) is 6.04 Å². The predicted molar refractivity (Wildman–Crippen MR) is 78.2 cm³/mol. The lowest BCUT2D eigenvalue weighted by Gasteiger charge is -2.25. The third kappa shape index (κ3) is 4.54. The number of ether oxygens (including phenoxy) is 1. The quantitative estimate of drug-likeness (QED) is 0.591. The van der Waals surface area contributed by atoms with Crippen LogP contribution in [0.3, 0.4) is 0 Å². The summed E-state index contributed by atoms with van der Waals surface area (Å²) in [4.78, 5) is 13.8. The highest BCUT2D eigenvalue weighted by atomic mass is 35.5. The molecule has 1 atom stereocenters. The summed E-state index contributed by atoms with van der Waals surface area (Å²) in [6, 6.07) is 6.74. The van der Waals surface area contributed by atoms with Crippen molar-refractivity contribution in [1.82, 2.24) is 4.90 Å². The van der Waals surface area contributed by atoms with Gasteiger partial charge in [0.15, 0.2) is 0 Å². The summed E-state index contributed by atoms with van der Waals surface area (Å²) >= 11 is 5.86. The smallest absolute Gasteiger partial charge is 0.327 e. The van der Waals surface area contributed by atoms with E-state index >= 15 is 0 Å².